The summed E-state index contributed by atoms with van der Waals surface area (Å²) in [7, 11) is 3.86. The third-order valence-corrected chi connectivity index (χ3v) is 1.64. The van der Waals surface area contributed by atoms with Crippen LogP contribution in [-0.4, -0.2) is 72.9 Å². The summed E-state index contributed by atoms with van der Waals surface area (Å²) in [5.74, 6) is -0.854. The van der Waals surface area contributed by atoms with E-state index in [0.717, 1.165) is 6.54 Å². The van der Waals surface area contributed by atoms with Crippen LogP contribution >= 0.6 is 0 Å². The smallest absolute Gasteiger partial charge is 0.317 e. The van der Waals surface area contributed by atoms with Crippen LogP contribution in [0.2, 0.25) is 0 Å². The predicted octanol–water partition coefficient (Wildman–Crippen LogP) is -1.07. The van der Waals surface area contributed by atoms with Gasteiger partial charge in [0.1, 0.15) is 0 Å². The number of hydrogen-bond acceptors (Lipinski definition) is 4. The van der Waals surface area contributed by atoms with E-state index in [9.17, 15) is 4.79 Å². The lowest BCUT2D eigenvalue weighted by atomic mass is 10.4. The molecule has 0 aromatic heterocycles. The van der Waals surface area contributed by atoms with Crippen LogP contribution in [0.1, 0.15) is 0 Å². The number of carbonyl (C=O) groups is 1. The lowest BCUT2D eigenvalue weighted by Gasteiger charge is -2.20. The molecule has 0 aliphatic heterocycles. The molecule has 0 aromatic rings. The topological polar surface area (TPSA) is 64.0 Å². The van der Waals surface area contributed by atoms with Gasteiger partial charge < -0.3 is 15.1 Å². The van der Waals surface area contributed by atoms with Gasteiger partial charge >= 0.3 is 5.97 Å². The summed E-state index contributed by atoms with van der Waals surface area (Å²) in [6, 6.07) is 0. The first-order chi connectivity index (χ1) is 6.06. The second-order valence-electron chi connectivity index (χ2n) is 3.20. The van der Waals surface area contributed by atoms with Gasteiger partial charge in [0, 0.05) is 19.6 Å². The first-order valence-electron chi connectivity index (χ1n) is 4.26. The molecule has 0 saturated heterocycles. The summed E-state index contributed by atoms with van der Waals surface area (Å²) in [5.41, 5.74) is 0. The Morgan fingerprint density at radius 1 is 1.23 bits per heavy atom. The number of rotatable bonds is 7. The molecule has 0 rings (SSSR count). The summed E-state index contributed by atoms with van der Waals surface area (Å²) in [5, 5.41) is 17.2. The van der Waals surface area contributed by atoms with Gasteiger partial charge in [0.15, 0.2) is 0 Å². The van der Waals surface area contributed by atoms with Crippen LogP contribution in [0.5, 0.6) is 0 Å². The van der Waals surface area contributed by atoms with Crippen LogP contribution in [0.15, 0.2) is 0 Å². The first kappa shape index (κ1) is 12.3. The number of aliphatic hydroxyl groups excluding tert-OH is 1. The van der Waals surface area contributed by atoms with Crippen molar-refractivity contribution in [3.8, 4) is 0 Å². The quantitative estimate of drug-likeness (QED) is 0.535. The molecule has 0 unspecified atom stereocenters. The third-order valence-electron chi connectivity index (χ3n) is 1.64. The summed E-state index contributed by atoms with van der Waals surface area (Å²) < 4.78 is 0. The normalized spacial score (nSPS) is 11.2. The van der Waals surface area contributed by atoms with E-state index in [0.29, 0.717) is 13.1 Å². The minimum Gasteiger partial charge on any atom is -0.480 e. The molecule has 0 aliphatic rings. The van der Waals surface area contributed by atoms with E-state index in [2.05, 4.69) is 0 Å². The highest BCUT2D eigenvalue weighted by Gasteiger charge is 2.08. The van der Waals surface area contributed by atoms with E-state index in [1.165, 1.54) is 0 Å². The lowest BCUT2D eigenvalue weighted by molar-refractivity contribution is -0.138. The van der Waals surface area contributed by atoms with Crippen molar-refractivity contribution >= 4 is 5.97 Å². The molecular weight excluding hydrogens is 172 g/mol. The summed E-state index contributed by atoms with van der Waals surface area (Å²) in [6.07, 6.45) is 0. The molecule has 0 radical (unpaired) electrons. The molecule has 0 aromatic carbocycles. The van der Waals surface area contributed by atoms with Crippen molar-refractivity contribution in [2.45, 2.75) is 0 Å². The van der Waals surface area contributed by atoms with Gasteiger partial charge in [0.05, 0.1) is 13.2 Å². The second-order valence-corrected chi connectivity index (χ2v) is 3.20. The Balaban J connectivity index is 3.72. The molecule has 0 spiro atoms. The summed E-state index contributed by atoms with van der Waals surface area (Å²) in [6.45, 7) is 1.88. The Kier molecular flexibility index (Phi) is 6.48. The molecule has 0 bridgehead atoms. The van der Waals surface area contributed by atoms with Crippen molar-refractivity contribution in [2.24, 2.45) is 0 Å². The van der Waals surface area contributed by atoms with Crippen LogP contribution in [0, 0.1) is 0 Å². The molecule has 0 fully saturated rings. The molecule has 2 N–H and O–H groups in total. The second kappa shape index (κ2) is 6.82. The fourth-order valence-corrected chi connectivity index (χ4v) is 0.944. The molecule has 0 heterocycles. The highest BCUT2D eigenvalue weighted by atomic mass is 16.4. The van der Waals surface area contributed by atoms with Crippen LogP contribution in [0.25, 0.3) is 0 Å². The van der Waals surface area contributed by atoms with Gasteiger partial charge in [-0.1, -0.05) is 0 Å². The number of carboxylic acids is 1. The molecule has 78 valence electrons. The molecule has 0 atom stereocenters. The largest absolute Gasteiger partial charge is 0.480 e. The average molecular weight is 190 g/mol. The van der Waals surface area contributed by atoms with Gasteiger partial charge in [-0.3, -0.25) is 9.69 Å². The Hall–Kier alpha value is -0.650. The molecule has 5 heteroatoms. The van der Waals surface area contributed by atoms with Crippen LogP contribution < -0.4 is 0 Å². The van der Waals surface area contributed by atoms with Crippen molar-refractivity contribution in [1.29, 1.82) is 0 Å². The Bertz CT molecular complexity index is 150. The van der Waals surface area contributed by atoms with Crippen molar-refractivity contribution in [3.05, 3.63) is 0 Å². The molecule has 5 nitrogen and oxygen atoms in total. The van der Waals surface area contributed by atoms with Crippen LogP contribution in [0.3, 0.4) is 0 Å². The van der Waals surface area contributed by atoms with Gasteiger partial charge in [-0.2, -0.15) is 0 Å². The van der Waals surface area contributed by atoms with E-state index in [1.807, 2.05) is 19.0 Å². The van der Waals surface area contributed by atoms with E-state index >= 15 is 0 Å². The minimum absolute atomic E-state index is 0.000703. The van der Waals surface area contributed by atoms with Crippen molar-refractivity contribution < 1.29 is 15.0 Å². The zero-order valence-electron chi connectivity index (χ0n) is 8.23. The van der Waals surface area contributed by atoms with Crippen molar-refractivity contribution in [3.63, 3.8) is 0 Å². The summed E-state index contributed by atoms with van der Waals surface area (Å²) >= 11 is 0. The monoisotopic (exact) mass is 190 g/mol. The van der Waals surface area contributed by atoms with E-state index in [1.54, 1.807) is 4.90 Å². The molecule has 0 saturated carbocycles. The van der Waals surface area contributed by atoms with Gasteiger partial charge in [0.25, 0.3) is 0 Å². The molecule has 0 aliphatic carbocycles. The van der Waals surface area contributed by atoms with E-state index in [4.69, 9.17) is 10.2 Å². The fourth-order valence-electron chi connectivity index (χ4n) is 0.944. The maximum Gasteiger partial charge on any atom is 0.317 e. The highest BCUT2D eigenvalue weighted by molar-refractivity contribution is 5.69. The van der Waals surface area contributed by atoms with Gasteiger partial charge in [-0.15, -0.1) is 0 Å². The van der Waals surface area contributed by atoms with Crippen molar-refractivity contribution in [1.82, 2.24) is 9.80 Å². The first-order valence-corrected chi connectivity index (χ1v) is 4.26. The van der Waals surface area contributed by atoms with E-state index in [-0.39, 0.29) is 13.2 Å². The maximum absolute atomic E-state index is 10.4. The fraction of sp³-hybridized carbons (Fsp3) is 0.875. The Morgan fingerprint density at radius 3 is 2.23 bits per heavy atom. The Labute approximate surface area is 78.6 Å². The maximum atomic E-state index is 10.4. The number of aliphatic hydroxyl groups is 1. The standard InChI is InChI=1S/C8H18N2O3/c1-9(2)3-4-10(5-6-11)7-8(12)13/h11H,3-7H2,1-2H3,(H,12,13). The Morgan fingerprint density at radius 2 is 1.85 bits per heavy atom. The van der Waals surface area contributed by atoms with Crippen molar-refractivity contribution in [2.75, 3.05) is 46.9 Å². The number of aliphatic carboxylic acids is 1. The third kappa shape index (κ3) is 7.70. The zero-order valence-corrected chi connectivity index (χ0v) is 8.23. The highest BCUT2D eigenvalue weighted by Crippen LogP contribution is 1.88. The SMILES string of the molecule is CN(C)CCN(CCO)CC(=O)O. The van der Waals surface area contributed by atoms with E-state index < -0.39 is 5.97 Å². The molecule has 13 heavy (non-hydrogen) atoms. The van der Waals surface area contributed by atoms with Gasteiger partial charge in [0.2, 0.25) is 0 Å². The number of nitrogens with zero attached hydrogens (tertiary/aromatic N) is 2. The average Bonchev–Trinajstić information content (AvgIpc) is 1.99. The predicted molar refractivity (Wildman–Crippen MR) is 49.7 cm³/mol. The number of hydrogen-bond donors (Lipinski definition) is 2. The van der Waals surface area contributed by atoms with Crippen LogP contribution in [-0.2, 0) is 4.79 Å². The minimum atomic E-state index is -0.854. The number of likely N-dealkylation sites (N-methyl/N-ethyl adjacent to an activating group) is 1. The van der Waals surface area contributed by atoms with Gasteiger partial charge in [-0.25, -0.2) is 0 Å². The summed E-state index contributed by atoms with van der Waals surface area (Å²) in [4.78, 5) is 14.1. The molecule has 0 amide bonds. The van der Waals surface area contributed by atoms with Crippen LogP contribution in [0.4, 0.5) is 0 Å². The molecular formula is C8H18N2O3. The zero-order chi connectivity index (χ0) is 10.3. The number of carboxylic acid groups (broad SMARTS) is 1. The lowest BCUT2D eigenvalue weighted by Crippen LogP contribution is -2.37. The van der Waals surface area contributed by atoms with Gasteiger partial charge in [-0.05, 0) is 14.1 Å².